The number of para-hydroxylation sites is 1. The van der Waals surface area contributed by atoms with Crippen LogP contribution in [0.15, 0.2) is 77.2 Å². The summed E-state index contributed by atoms with van der Waals surface area (Å²) in [6, 6.07) is 18.8. The number of nitro benzene ring substituents is 2. The van der Waals surface area contributed by atoms with Crippen LogP contribution in [0.4, 0.5) is 16.5 Å². The molecule has 34 heavy (non-hydrogen) atoms. The Kier molecular flexibility index (Phi) is 5.40. The number of rotatable bonds is 7. The Morgan fingerprint density at radius 2 is 1.50 bits per heavy atom. The Morgan fingerprint density at radius 3 is 2.15 bits per heavy atom. The van der Waals surface area contributed by atoms with Crippen molar-refractivity contribution in [1.29, 1.82) is 0 Å². The lowest BCUT2D eigenvalue weighted by Crippen LogP contribution is -2.12. The molecule has 0 amide bonds. The van der Waals surface area contributed by atoms with Crippen LogP contribution in [0.3, 0.4) is 0 Å². The van der Waals surface area contributed by atoms with Crippen LogP contribution in [0.1, 0.15) is 17.5 Å². The van der Waals surface area contributed by atoms with Crippen LogP contribution < -0.4 is 5.32 Å². The number of nitrogens with one attached hydrogen (secondary N) is 1. The SMILES string of the molecule is O=[N+]([O-])c1ccc(-c2nnc(C(Nc3nc4ccccc4s3)c3ccc([N+](=O)[O-])cc3)o2)cc1. The Balaban J connectivity index is 1.51. The summed E-state index contributed by atoms with van der Waals surface area (Å²) in [6.45, 7) is 0. The minimum Gasteiger partial charge on any atom is -0.418 e. The average Bonchev–Trinajstić information content (AvgIpc) is 3.50. The maximum Gasteiger partial charge on any atom is 0.269 e. The first-order chi connectivity index (χ1) is 16.5. The minimum atomic E-state index is -0.638. The highest BCUT2D eigenvalue weighted by atomic mass is 32.1. The van der Waals surface area contributed by atoms with Crippen molar-refractivity contribution in [2.75, 3.05) is 5.32 Å². The van der Waals surface area contributed by atoms with Crippen molar-refractivity contribution in [2.24, 2.45) is 0 Å². The van der Waals surface area contributed by atoms with Gasteiger partial charge in [0.05, 0.1) is 20.1 Å². The predicted molar refractivity (Wildman–Crippen MR) is 125 cm³/mol. The van der Waals surface area contributed by atoms with Gasteiger partial charge in [0.25, 0.3) is 11.4 Å². The number of hydrogen-bond donors (Lipinski definition) is 1. The largest absolute Gasteiger partial charge is 0.418 e. The van der Waals surface area contributed by atoms with Crippen molar-refractivity contribution in [3.63, 3.8) is 0 Å². The van der Waals surface area contributed by atoms with Gasteiger partial charge >= 0.3 is 0 Å². The van der Waals surface area contributed by atoms with Crippen molar-refractivity contribution in [3.8, 4) is 11.5 Å². The smallest absolute Gasteiger partial charge is 0.269 e. The highest BCUT2D eigenvalue weighted by molar-refractivity contribution is 7.22. The van der Waals surface area contributed by atoms with Gasteiger partial charge in [-0.25, -0.2) is 4.98 Å². The third-order valence-electron chi connectivity index (χ3n) is 5.01. The van der Waals surface area contributed by atoms with Gasteiger partial charge in [-0.1, -0.05) is 23.5 Å². The highest BCUT2D eigenvalue weighted by Crippen LogP contribution is 2.33. The second-order valence-corrected chi connectivity index (χ2v) is 8.19. The maximum absolute atomic E-state index is 11.1. The van der Waals surface area contributed by atoms with E-state index in [1.807, 2.05) is 24.3 Å². The first kappa shape index (κ1) is 21.2. The maximum atomic E-state index is 11.1. The summed E-state index contributed by atoms with van der Waals surface area (Å²) in [4.78, 5) is 25.6. The van der Waals surface area contributed by atoms with E-state index in [9.17, 15) is 20.2 Å². The lowest BCUT2D eigenvalue weighted by atomic mass is 10.1. The summed E-state index contributed by atoms with van der Waals surface area (Å²) >= 11 is 1.45. The van der Waals surface area contributed by atoms with Gasteiger partial charge in [-0.15, -0.1) is 10.2 Å². The number of hydrogen-bond acceptors (Lipinski definition) is 10. The minimum absolute atomic E-state index is 0.0421. The molecule has 2 aromatic heterocycles. The van der Waals surface area contributed by atoms with Gasteiger partial charge in [-0.05, 0) is 42.0 Å². The Morgan fingerprint density at radius 1 is 0.853 bits per heavy atom. The molecule has 5 aromatic rings. The van der Waals surface area contributed by atoms with E-state index in [1.54, 1.807) is 12.1 Å². The molecule has 0 radical (unpaired) electrons. The molecule has 12 heteroatoms. The van der Waals surface area contributed by atoms with Gasteiger partial charge in [0.2, 0.25) is 11.8 Å². The lowest BCUT2D eigenvalue weighted by Gasteiger charge is -2.14. The standard InChI is InChI=1S/C22H14N6O5S/c29-27(30)15-9-5-13(6-10-15)19(24-22-23-17-3-1-2-4-18(17)34-22)21-26-25-20(33-21)14-7-11-16(12-8-14)28(31)32/h1-12,19H,(H,23,24). The van der Waals surface area contributed by atoms with Crippen LogP contribution in [-0.2, 0) is 0 Å². The van der Waals surface area contributed by atoms with Gasteiger partial charge in [-0.2, -0.15) is 0 Å². The fourth-order valence-corrected chi connectivity index (χ4v) is 4.22. The molecule has 5 rings (SSSR count). The van der Waals surface area contributed by atoms with Gasteiger partial charge in [0.1, 0.15) is 6.04 Å². The van der Waals surface area contributed by atoms with Crippen LogP contribution in [0.2, 0.25) is 0 Å². The number of non-ortho nitro benzene ring substituents is 2. The summed E-state index contributed by atoms with van der Waals surface area (Å²) in [7, 11) is 0. The molecule has 0 aliphatic carbocycles. The first-order valence-corrected chi connectivity index (χ1v) is 10.7. The summed E-state index contributed by atoms with van der Waals surface area (Å²) in [5, 5.41) is 34.1. The van der Waals surface area contributed by atoms with Gasteiger partial charge in [-0.3, -0.25) is 20.2 Å². The van der Waals surface area contributed by atoms with Crippen molar-refractivity contribution in [1.82, 2.24) is 15.2 Å². The molecular formula is C22H14N6O5S. The van der Waals surface area contributed by atoms with Crippen molar-refractivity contribution >= 4 is 38.1 Å². The quantitative estimate of drug-likeness (QED) is 0.243. The number of nitro groups is 2. The van der Waals surface area contributed by atoms with Crippen LogP contribution in [0, 0.1) is 20.2 Å². The highest BCUT2D eigenvalue weighted by Gasteiger charge is 2.24. The Bertz CT molecular complexity index is 1460. The van der Waals surface area contributed by atoms with Crippen LogP contribution >= 0.6 is 11.3 Å². The molecule has 3 aromatic carbocycles. The van der Waals surface area contributed by atoms with E-state index < -0.39 is 15.9 Å². The number of thiazole rings is 1. The zero-order valence-electron chi connectivity index (χ0n) is 17.2. The number of aromatic nitrogens is 3. The Hall–Kier alpha value is -4.71. The van der Waals surface area contributed by atoms with Crippen molar-refractivity contribution < 1.29 is 14.3 Å². The van der Waals surface area contributed by atoms with E-state index in [1.165, 1.54) is 47.7 Å². The first-order valence-electron chi connectivity index (χ1n) is 9.92. The van der Waals surface area contributed by atoms with Crippen molar-refractivity contribution in [3.05, 3.63) is 104 Å². The zero-order valence-corrected chi connectivity index (χ0v) is 18.0. The zero-order chi connectivity index (χ0) is 23.7. The number of fused-ring (bicyclic) bond motifs is 1. The van der Waals surface area contributed by atoms with E-state index in [4.69, 9.17) is 4.42 Å². The molecule has 0 saturated carbocycles. The van der Waals surface area contributed by atoms with Crippen LogP contribution in [0.25, 0.3) is 21.7 Å². The van der Waals surface area contributed by atoms with Crippen LogP contribution in [-0.4, -0.2) is 25.0 Å². The summed E-state index contributed by atoms with van der Waals surface area (Å²) in [5.41, 5.74) is 1.91. The molecule has 0 fully saturated rings. The third kappa shape index (κ3) is 4.17. The molecule has 0 aliphatic rings. The van der Waals surface area contributed by atoms with E-state index in [0.29, 0.717) is 16.3 Å². The second kappa shape index (κ2) is 8.67. The molecule has 1 unspecified atom stereocenters. The normalized spacial score (nSPS) is 11.9. The predicted octanol–water partition coefficient (Wildman–Crippen LogP) is 5.36. The molecule has 1 atom stereocenters. The lowest BCUT2D eigenvalue weighted by molar-refractivity contribution is -0.385. The second-order valence-electron chi connectivity index (χ2n) is 7.16. The molecule has 168 valence electrons. The molecular weight excluding hydrogens is 460 g/mol. The number of benzene rings is 3. The van der Waals surface area contributed by atoms with Gasteiger partial charge < -0.3 is 9.73 Å². The van der Waals surface area contributed by atoms with Crippen molar-refractivity contribution in [2.45, 2.75) is 6.04 Å². The topological polar surface area (TPSA) is 150 Å². The Labute approximate surface area is 195 Å². The van der Waals surface area contributed by atoms with Gasteiger partial charge in [0, 0.05) is 29.8 Å². The number of nitrogens with zero attached hydrogens (tertiary/aromatic N) is 5. The third-order valence-corrected chi connectivity index (χ3v) is 5.98. The molecule has 2 heterocycles. The molecule has 0 aliphatic heterocycles. The van der Waals surface area contributed by atoms with E-state index in [0.717, 1.165) is 10.2 Å². The fraction of sp³-hybridized carbons (Fsp3) is 0.0455. The molecule has 0 spiro atoms. The van der Waals surface area contributed by atoms with Crippen LogP contribution in [0.5, 0.6) is 0 Å². The monoisotopic (exact) mass is 474 g/mol. The summed E-state index contributed by atoms with van der Waals surface area (Å²) < 4.78 is 6.89. The average molecular weight is 474 g/mol. The molecule has 0 bridgehead atoms. The van der Waals surface area contributed by atoms with E-state index in [-0.39, 0.29) is 23.2 Å². The summed E-state index contributed by atoms with van der Waals surface area (Å²) in [6.07, 6.45) is 0. The molecule has 0 saturated heterocycles. The fourth-order valence-electron chi connectivity index (χ4n) is 3.33. The summed E-state index contributed by atoms with van der Waals surface area (Å²) in [5.74, 6) is 0.393. The number of anilines is 1. The molecule has 11 nitrogen and oxygen atoms in total. The molecule has 1 N–H and O–H groups in total. The van der Waals surface area contributed by atoms with E-state index >= 15 is 0 Å². The van der Waals surface area contributed by atoms with E-state index in [2.05, 4.69) is 20.5 Å². The van der Waals surface area contributed by atoms with Gasteiger partial charge in [0.15, 0.2) is 5.13 Å².